The van der Waals surface area contributed by atoms with Crippen LogP contribution in [0.3, 0.4) is 0 Å². The lowest BCUT2D eigenvalue weighted by atomic mass is 10.0. The molecule has 0 aromatic heterocycles. The van der Waals surface area contributed by atoms with E-state index in [9.17, 15) is 14.4 Å². The molecule has 6 heteroatoms. The molecule has 0 N–H and O–H groups in total. The van der Waals surface area contributed by atoms with E-state index in [4.69, 9.17) is 14.2 Å². The van der Waals surface area contributed by atoms with Crippen LogP contribution in [0.1, 0.15) is 323 Å². The van der Waals surface area contributed by atoms with Gasteiger partial charge in [0.2, 0.25) is 0 Å². The van der Waals surface area contributed by atoms with Crippen molar-refractivity contribution >= 4 is 17.9 Å². The molecule has 1 unspecified atom stereocenters. The lowest BCUT2D eigenvalue weighted by molar-refractivity contribution is -0.167. The van der Waals surface area contributed by atoms with Crippen molar-refractivity contribution in [3.63, 3.8) is 0 Å². The summed E-state index contributed by atoms with van der Waals surface area (Å²) in [6.45, 7) is 6.56. The Hall–Kier alpha value is -2.89. The molecule has 0 aromatic carbocycles. The lowest BCUT2D eigenvalue weighted by Gasteiger charge is -2.18. The first-order valence-corrected chi connectivity index (χ1v) is 31.3. The Morgan fingerprint density at radius 2 is 0.514 bits per heavy atom. The van der Waals surface area contributed by atoms with Crippen molar-refractivity contribution in [3.8, 4) is 0 Å². The molecule has 0 spiro atoms. The molecule has 0 aromatic rings. The number of unbranched alkanes of at least 4 members (excludes halogenated alkanes) is 36. The van der Waals surface area contributed by atoms with Crippen LogP contribution >= 0.6 is 0 Å². The second-order valence-corrected chi connectivity index (χ2v) is 21.0. The van der Waals surface area contributed by atoms with Gasteiger partial charge in [0.25, 0.3) is 0 Å². The summed E-state index contributed by atoms with van der Waals surface area (Å²) in [5, 5.41) is 0. The molecule has 0 heterocycles. The SMILES string of the molecule is CCCC/C=C\C/C=C\CCCCCCCC(=O)OC(COC(=O)CCCCCCC/C=C\CCCC)COC(=O)CCCCCCCCCCCCCCCCCCC/C=C\C/C=C\CCCCCCC. The van der Waals surface area contributed by atoms with Crippen LogP contribution in [0.4, 0.5) is 0 Å². The largest absolute Gasteiger partial charge is 0.462 e. The average Bonchev–Trinajstić information content (AvgIpc) is 3.38. The van der Waals surface area contributed by atoms with Gasteiger partial charge < -0.3 is 14.2 Å². The predicted molar refractivity (Wildman–Crippen MR) is 312 cm³/mol. The number of carbonyl (C=O) groups excluding carboxylic acids is 3. The first kappa shape index (κ1) is 69.1. The van der Waals surface area contributed by atoms with Crippen LogP contribution in [0.2, 0.25) is 0 Å². The standard InChI is InChI=1S/C66H118O6/c1-4-7-10-13-16-19-22-24-26-27-28-29-30-31-32-33-34-35-36-37-38-39-40-42-44-47-50-53-56-59-65(68)71-62-63(61-70-64(67)58-55-52-49-46-43-21-18-15-12-9-6-3)72-66(69)60-57-54-51-48-45-41-25-23-20-17-14-11-8-5-2/h14-15,17-18,22-25,27-28,63H,4-13,16,19-21,26,29-62H2,1-3H3/b17-14-,18-15-,24-22-,25-23-,28-27-. The minimum absolute atomic E-state index is 0.0803. The van der Waals surface area contributed by atoms with Gasteiger partial charge in [0, 0.05) is 19.3 Å². The van der Waals surface area contributed by atoms with Crippen molar-refractivity contribution in [1.82, 2.24) is 0 Å². The maximum Gasteiger partial charge on any atom is 0.306 e. The number of allylic oxidation sites excluding steroid dienone is 10. The van der Waals surface area contributed by atoms with Crippen LogP contribution < -0.4 is 0 Å². The maximum absolute atomic E-state index is 12.8. The minimum atomic E-state index is -0.783. The Morgan fingerprint density at radius 1 is 0.278 bits per heavy atom. The summed E-state index contributed by atoms with van der Waals surface area (Å²) in [5.41, 5.74) is 0. The quantitative estimate of drug-likeness (QED) is 0.0261. The van der Waals surface area contributed by atoms with Crippen LogP contribution in [0.5, 0.6) is 0 Å². The molecule has 0 aliphatic carbocycles. The topological polar surface area (TPSA) is 78.9 Å². The fourth-order valence-electron chi connectivity index (χ4n) is 8.94. The first-order chi connectivity index (χ1) is 35.5. The summed E-state index contributed by atoms with van der Waals surface area (Å²) >= 11 is 0. The van der Waals surface area contributed by atoms with E-state index < -0.39 is 6.10 Å². The van der Waals surface area contributed by atoms with E-state index >= 15 is 0 Å². The molecule has 6 nitrogen and oxygen atoms in total. The van der Waals surface area contributed by atoms with Crippen molar-refractivity contribution < 1.29 is 28.6 Å². The van der Waals surface area contributed by atoms with Crippen molar-refractivity contribution in [2.75, 3.05) is 13.2 Å². The summed E-state index contributed by atoms with van der Waals surface area (Å²) in [5.74, 6) is -0.892. The summed E-state index contributed by atoms with van der Waals surface area (Å²) in [6.07, 6.45) is 76.7. The first-order valence-electron chi connectivity index (χ1n) is 31.3. The summed E-state index contributed by atoms with van der Waals surface area (Å²) in [6, 6.07) is 0. The minimum Gasteiger partial charge on any atom is -0.462 e. The molecule has 72 heavy (non-hydrogen) atoms. The molecular formula is C66H118O6. The maximum atomic E-state index is 12.8. The van der Waals surface area contributed by atoms with Crippen LogP contribution in [0.15, 0.2) is 60.8 Å². The van der Waals surface area contributed by atoms with Crippen LogP contribution in [-0.2, 0) is 28.6 Å². The van der Waals surface area contributed by atoms with Gasteiger partial charge in [-0.1, -0.05) is 268 Å². The van der Waals surface area contributed by atoms with Crippen molar-refractivity contribution in [3.05, 3.63) is 60.8 Å². The van der Waals surface area contributed by atoms with Crippen molar-refractivity contribution in [2.45, 2.75) is 329 Å². The Balaban J connectivity index is 4.14. The molecule has 0 aliphatic heterocycles. The molecule has 0 rings (SSSR count). The van der Waals surface area contributed by atoms with Gasteiger partial charge in [0.15, 0.2) is 6.10 Å². The summed E-state index contributed by atoms with van der Waals surface area (Å²) < 4.78 is 16.9. The van der Waals surface area contributed by atoms with E-state index in [-0.39, 0.29) is 31.1 Å². The highest BCUT2D eigenvalue weighted by atomic mass is 16.6. The Morgan fingerprint density at radius 3 is 0.819 bits per heavy atom. The van der Waals surface area contributed by atoms with Gasteiger partial charge in [-0.25, -0.2) is 0 Å². The van der Waals surface area contributed by atoms with Gasteiger partial charge in [-0.15, -0.1) is 0 Å². The number of hydrogen-bond acceptors (Lipinski definition) is 6. The molecular weight excluding hydrogens is 889 g/mol. The Labute approximate surface area is 447 Å². The van der Waals surface area contributed by atoms with E-state index in [2.05, 4.69) is 81.5 Å². The van der Waals surface area contributed by atoms with E-state index in [0.717, 1.165) is 96.3 Å². The molecule has 0 bridgehead atoms. The van der Waals surface area contributed by atoms with E-state index in [1.165, 1.54) is 186 Å². The zero-order chi connectivity index (χ0) is 52.2. The molecule has 1 atom stereocenters. The van der Waals surface area contributed by atoms with E-state index in [1.807, 2.05) is 0 Å². The van der Waals surface area contributed by atoms with Crippen LogP contribution in [-0.4, -0.2) is 37.2 Å². The number of carbonyl (C=O) groups is 3. The number of hydrogen-bond donors (Lipinski definition) is 0. The smallest absolute Gasteiger partial charge is 0.306 e. The molecule has 0 saturated carbocycles. The zero-order valence-corrected chi connectivity index (χ0v) is 47.9. The second-order valence-electron chi connectivity index (χ2n) is 21.0. The van der Waals surface area contributed by atoms with E-state index in [1.54, 1.807) is 0 Å². The number of ether oxygens (including phenoxy) is 3. The Kier molecular flexibility index (Phi) is 58.2. The zero-order valence-electron chi connectivity index (χ0n) is 47.9. The summed E-state index contributed by atoms with van der Waals surface area (Å²) in [4.78, 5) is 38.1. The molecule has 0 aliphatic rings. The fraction of sp³-hybridized carbons (Fsp3) is 0.803. The molecule has 0 fully saturated rings. The molecule has 0 amide bonds. The summed E-state index contributed by atoms with van der Waals surface area (Å²) in [7, 11) is 0. The van der Waals surface area contributed by atoms with Gasteiger partial charge >= 0.3 is 17.9 Å². The molecule has 0 radical (unpaired) electrons. The number of esters is 3. The number of rotatable bonds is 57. The van der Waals surface area contributed by atoms with Crippen molar-refractivity contribution in [1.29, 1.82) is 0 Å². The highest BCUT2D eigenvalue weighted by molar-refractivity contribution is 5.71. The monoisotopic (exact) mass is 1010 g/mol. The van der Waals surface area contributed by atoms with Crippen LogP contribution in [0, 0.1) is 0 Å². The van der Waals surface area contributed by atoms with Gasteiger partial charge in [-0.2, -0.15) is 0 Å². The van der Waals surface area contributed by atoms with Crippen LogP contribution in [0.25, 0.3) is 0 Å². The third kappa shape index (κ3) is 58.0. The average molecular weight is 1010 g/mol. The Bertz CT molecular complexity index is 1290. The lowest BCUT2D eigenvalue weighted by Crippen LogP contribution is -2.30. The fourth-order valence-corrected chi connectivity index (χ4v) is 8.94. The molecule has 418 valence electrons. The normalized spacial score (nSPS) is 12.4. The molecule has 0 saturated heterocycles. The highest BCUT2D eigenvalue weighted by Crippen LogP contribution is 2.17. The third-order valence-corrected chi connectivity index (χ3v) is 13.7. The van der Waals surface area contributed by atoms with Crippen molar-refractivity contribution in [2.24, 2.45) is 0 Å². The highest BCUT2D eigenvalue weighted by Gasteiger charge is 2.19. The van der Waals surface area contributed by atoms with Gasteiger partial charge in [-0.05, 0) is 96.3 Å². The third-order valence-electron chi connectivity index (χ3n) is 13.7. The second kappa shape index (κ2) is 60.7. The van der Waals surface area contributed by atoms with Gasteiger partial charge in [0.05, 0.1) is 0 Å². The van der Waals surface area contributed by atoms with E-state index in [0.29, 0.717) is 19.3 Å². The predicted octanol–water partition coefficient (Wildman–Crippen LogP) is 21.2. The van der Waals surface area contributed by atoms with Gasteiger partial charge in [0.1, 0.15) is 13.2 Å². The van der Waals surface area contributed by atoms with Gasteiger partial charge in [-0.3, -0.25) is 14.4 Å².